The molecule has 1 heterocycles. The Morgan fingerprint density at radius 2 is 1.69 bits per heavy atom. The molecule has 0 aromatic heterocycles. The fraction of sp³-hybridized carbons (Fsp3) is 0.357. The Morgan fingerprint density at radius 3 is 1.88 bits per heavy atom. The number of benzene rings is 1. The van der Waals surface area contributed by atoms with E-state index in [4.69, 9.17) is 49.5 Å². The summed E-state index contributed by atoms with van der Waals surface area (Å²) in [4.78, 5) is 23.5. The maximum atomic E-state index is 9.77. The lowest BCUT2D eigenvalue weighted by atomic mass is 10.2. The number of hydrazine groups is 1. The number of hydrogen-bond acceptors (Lipinski definition) is 8. The van der Waals surface area contributed by atoms with Crippen LogP contribution in [-0.2, 0) is 9.59 Å². The molecule has 12 heteroatoms. The Kier molecular flexibility index (Phi) is 12.0. The molecule has 0 fully saturated rings. The lowest BCUT2D eigenvalue weighted by Gasteiger charge is -2.07. The second-order valence-electron chi connectivity index (χ2n) is 4.72. The fourth-order valence-electron chi connectivity index (χ4n) is 1.29. The zero-order valence-electron chi connectivity index (χ0n) is 13.5. The number of aliphatic carboxylic acids is 2. The van der Waals surface area contributed by atoms with E-state index in [1.54, 1.807) is 30.0 Å². The monoisotopic (exact) mass is 427 g/mol. The van der Waals surface area contributed by atoms with Gasteiger partial charge in [0.25, 0.3) is 0 Å². The minimum Gasteiger partial charge on any atom is -0.479 e. The SMILES string of the molecule is CC1CN=CS1.NNc1c(Cl)cccc1Cl.O=C(O)C(O)C(O)C(=O)O. The van der Waals surface area contributed by atoms with E-state index in [9.17, 15) is 9.59 Å². The summed E-state index contributed by atoms with van der Waals surface area (Å²) in [5.41, 5.74) is 4.88. The van der Waals surface area contributed by atoms with Crippen molar-refractivity contribution < 1.29 is 30.0 Å². The van der Waals surface area contributed by atoms with Gasteiger partial charge < -0.3 is 25.9 Å². The molecule has 1 aliphatic rings. The highest BCUT2D eigenvalue weighted by Gasteiger charge is 2.29. The molecule has 3 atom stereocenters. The number of thioether (sulfide) groups is 1. The third-order valence-corrected chi connectivity index (χ3v) is 4.16. The van der Waals surface area contributed by atoms with Crippen molar-refractivity contribution in [1.82, 2.24) is 0 Å². The molecule has 0 amide bonds. The number of hydrogen-bond donors (Lipinski definition) is 6. The standard InChI is InChI=1S/C6H6Cl2N2.C4H7NS.C4H6O6/c7-4-2-1-3-5(8)6(4)10-9;1-4-2-5-3-6-4;5-1(3(7)8)2(6)4(9)10/h1-3,10H,9H2;3-4H,2H2,1H3;1-2,5-6H,(H,7,8)(H,9,10). The first-order chi connectivity index (χ1) is 12.1. The number of nitrogen functional groups attached to an aromatic ring is 1. The van der Waals surface area contributed by atoms with Crippen molar-refractivity contribution in [2.24, 2.45) is 10.8 Å². The first kappa shape index (κ1) is 24.4. The largest absolute Gasteiger partial charge is 0.479 e. The van der Waals surface area contributed by atoms with Gasteiger partial charge in [-0.2, -0.15) is 0 Å². The van der Waals surface area contributed by atoms with Crippen LogP contribution in [0.5, 0.6) is 0 Å². The van der Waals surface area contributed by atoms with Gasteiger partial charge in [-0.3, -0.25) is 10.8 Å². The first-order valence-corrected chi connectivity index (χ1v) is 8.67. The van der Waals surface area contributed by atoms with Crippen molar-refractivity contribution in [2.75, 3.05) is 12.0 Å². The predicted octanol–water partition coefficient (Wildman–Crippen LogP) is 1.31. The minimum absolute atomic E-state index is 0.523. The predicted molar refractivity (Wildman–Crippen MR) is 102 cm³/mol. The second kappa shape index (κ2) is 12.7. The van der Waals surface area contributed by atoms with Gasteiger partial charge >= 0.3 is 11.9 Å². The molecule has 7 N–H and O–H groups in total. The number of carboxylic acid groups (broad SMARTS) is 2. The Hall–Kier alpha value is -1.56. The van der Waals surface area contributed by atoms with E-state index in [-0.39, 0.29) is 0 Å². The fourth-order valence-corrected chi connectivity index (χ4v) is 2.35. The highest BCUT2D eigenvalue weighted by Crippen LogP contribution is 2.28. The number of para-hydroxylation sites is 1. The van der Waals surface area contributed by atoms with Gasteiger partial charge in [0.15, 0.2) is 12.2 Å². The summed E-state index contributed by atoms with van der Waals surface area (Å²) in [6.07, 6.45) is -4.53. The Labute approximate surface area is 163 Å². The molecule has 0 saturated carbocycles. The number of anilines is 1. The van der Waals surface area contributed by atoms with Crippen LogP contribution in [0.3, 0.4) is 0 Å². The molecule has 1 aromatic rings. The van der Waals surface area contributed by atoms with Crippen LogP contribution in [0.1, 0.15) is 6.92 Å². The molecule has 3 unspecified atom stereocenters. The van der Waals surface area contributed by atoms with Crippen molar-refractivity contribution in [3.8, 4) is 0 Å². The van der Waals surface area contributed by atoms with E-state index < -0.39 is 24.1 Å². The molecule has 1 aromatic carbocycles. The summed E-state index contributed by atoms with van der Waals surface area (Å²) in [6, 6.07) is 5.18. The molecule has 1 aliphatic heterocycles. The van der Waals surface area contributed by atoms with E-state index in [1.165, 1.54) is 0 Å². The number of aliphatic hydroxyl groups is 2. The van der Waals surface area contributed by atoms with Crippen LogP contribution in [0.25, 0.3) is 0 Å². The minimum atomic E-state index is -2.27. The Bertz CT molecular complexity index is 588. The van der Waals surface area contributed by atoms with Crippen LogP contribution < -0.4 is 11.3 Å². The molecule has 0 spiro atoms. The number of aliphatic hydroxyl groups excluding tert-OH is 2. The average Bonchev–Trinajstić information content (AvgIpc) is 3.05. The van der Waals surface area contributed by atoms with Crippen LogP contribution in [0.15, 0.2) is 23.2 Å². The summed E-state index contributed by atoms with van der Waals surface area (Å²) < 4.78 is 0. The summed E-state index contributed by atoms with van der Waals surface area (Å²) in [5.74, 6) is 1.60. The van der Waals surface area contributed by atoms with E-state index in [2.05, 4.69) is 17.3 Å². The van der Waals surface area contributed by atoms with Crippen molar-refractivity contribution in [1.29, 1.82) is 0 Å². The van der Waals surface area contributed by atoms with Crippen molar-refractivity contribution >= 4 is 58.1 Å². The van der Waals surface area contributed by atoms with E-state index in [0.717, 1.165) is 11.8 Å². The van der Waals surface area contributed by atoms with Gasteiger partial charge in [0.05, 0.1) is 27.8 Å². The molecule has 0 bridgehead atoms. The molecule has 26 heavy (non-hydrogen) atoms. The number of rotatable bonds is 4. The van der Waals surface area contributed by atoms with Crippen molar-refractivity contribution in [2.45, 2.75) is 24.4 Å². The average molecular weight is 428 g/mol. The first-order valence-electron chi connectivity index (χ1n) is 6.97. The maximum Gasteiger partial charge on any atom is 0.335 e. The van der Waals surface area contributed by atoms with Crippen molar-refractivity contribution in [3.05, 3.63) is 28.2 Å². The molecular weight excluding hydrogens is 409 g/mol. The third kappa shape index (κ3) is 9.22. The van der Waals surface area contributed by atoms with Crippen molar-refractivity contribution in [3.63, 3.8) is 0 Å². The normalized spacial score (nSPS) is 17.1. The molecule has 0 radical (unpaired) electrons. The number of carboxylic acids is 2. The smallest absolute Gasteiger partial charge is 0.335 e. The highest BCUT2D eigenvalue weighted by molar-refractivity contribution is 8.12. The lowest BCUT2D eigenvalue weighted by Crippen LogP contribution is -2.39. The molecule has 9 nitrogen and oxygen atoms in total. The third-order valence-electron chi connectivity index (χ3n) is 2.64. The number of nitrogens with two attached hydrogens (primary N) is 1. The van der Waals surface area contributed by atoms with Crippen LogP contribution in [-0.4, -0.2) is 61.9 Å². The summed E-state index contributed by atoms with van der Waals surface area (Å²) in [7, 11) is 0. The van der Waals surface area contributed by atoms with E-state index in [0.29, 0.717) is 15.7 Å². The molecule has 0 saturated heterocycles. The van der Waals surface area contributed by atoms with E-state index >= 15 is 0 Å². The van der Waals surface area contributed by atoms with Gasteiger partial charge in [0.1, 0.15) is 0 Å². The van der Waals surface area contributed by atoms with Gasteiger partial charge in [0.2, 0.25) is 0 Å². The van der Waals surface area contributed by atoms with Crippen LogP contribution in [0.4, 0.5) is 5.69 Å². The molecule has 146 valence electrons. The summed E-state index contributed by atoms with van der Waals surface area (Å²) >= 11 is 13.2. The van der Waals surface area contributed by atoms with Gasteiger partial charge in [-0.15, -0.1) is 11.8 Å². The number of nitrogens with one attached hydrogen (secondary N) is 1. The number of halogens is 2. The van der Waals surface area contributed by atoms with E-state index in [1.807, 2.05) is 5.55 Å². The quantitative estimate of drug-likeness (QED) is 0.306. The topological polar surface area (TPSA) is 165 Å². The van der Waals surface area contributed by atoms with Gasteiger partial charge in [-0.25, -0.2) is 9.59 Å². The molecule has 2 rings (SSSR count). The van der Waals surface area contributed by atoms with Gasteiger partial charge in [-0.1, -0.05) is 36.2 Å². The number of nitrogens with zero attached hydrogens (tertiary/aromatic N) is 1. The second-order valence-corrected chi connectivity index (χ2v) is 6.83. The summed E-state index contributed by atoms with van der Waals surface area (Å²) in [6.45, 7) is 3.20. The number of carbonyl (C=O) groups is 2. The molecular formula is C14H19Cl2N3O6S. The zero-order valence-corrected chi connectivity index (χ0v) is 15.9. The Morgan fingerprint density at radius 1 is 1.23 bits per heavy atom. The van der Waals surface area contributed by atoms with Gasteiger partial charge in [0, 0.05) is 5.25 Å². The maximum absolute atomic E-state index is 9.77. The van der Waals surface area contributed by atoms with Crippen LogP contribution in [0.2, 0.25) is 10.0 Å². The Balaban J connectivity index is 0.000000372. The van der Waals surface area contributed by atoms with Crippen LogP contribution in [0, 0.1) is 0 Å². The molecule has 0 aliphatic carbocycles. The summed E-state index contributed by atoms with van der Waals surface area (Å²) in [5, 5.41) is 34.3. The zero-order chi connectivity index (χ0) is 20.3. The number of aliphatic imine (C=N–C) groups is 1. The van der Waals surface area contributed by atoms with Crippen LogP contribution >= 0.6 is 35.0 Å². The highest BCUT2D eigenvalue weighted by atomic mass is 35.5. The lowest BCUT2D eigenvalue weighted by molar-refractivity contribution is -0.165. The van der Waals surface area contributed by atoms with Gasteiger partial charge in [-0.05, 0) is 12.1 Å².